The van der Waals surface area contributed by atoms with Crippen molar-refractivity contribution in [3.05, 3.63) is 56.9 Å². The Hall–Kier alpha value is -1.70. The van der Waals surface area contributed by atoms with E-state index in [1.54, 1.807) is 13.2 Å². The Morgan fingerprint density at radius 1 is 1.28 bits per heavy atom. The molecule has 0 bridgehead atoms. The number of halogens is 1. The van der Waals surface area contributed by atoms with E-state index < -0.39 is 0 Å². The minimum Gasteiger partial charge on any atom is -0.373 e. The second-order valence-corrected chi connectivity index (χ2v) is 7.40. The molecule has 2 unspecified atom stereocenters. The van der Waals surface area contributed by atoms with Gasteiger partial charge in [0.2, 0.25) is 0 Å². The van der Waals surface area contributed by atoms with Gasteiger partial charge < -0.3 is 9.64 Å². The molecule has 4 rings (SSSR count). The average molecular weight is 405 g/mol. The van der Waals surface area contributed by atoms with Gasteiger partial charge in [-0.25, -0.2) is 4.68 Å². The first-order chi connectivity index (χ1) is 12.1. The number of hydrogen-bond donors (Lipinski definition) is 0. The van der Waals surface area contributed by atoms with E-state index in [4.69, 9.17) is 4.74 Å². The number of fused-ring (bicyclic) bond motifs is 1. The lowest BCUT2D eigenvalue weighted by Gasteiger charge is -2.36. The Bertz CT molecular complexity index is 810. The van der Waals surface area contributed by atoms with Crippen molar-refractivity contribution < 1.29 is 4.74 Å². The van der Waals surface area contributed by atoms with Crippen LogP contribution in [0.15, 0.2) is 45.8 Å². The van der Waals surface area contributed by atoms with E-state index in [1.165, 1.54) is 10.2 Å². The maximum absolute atomic E-state index is 12.2. The number of anilines is 1. The number of morpholine rings is 1. The lowest BCUT2D eigenvalue weighted by molar-refractivity contribution is -0.0499. The van der Waals surface area contributed by atoms with E-state index in [-0.39, 0.29) is 11.7 Å². The molecule has 0 radical (unpaired) electrons. The van der Waals surface area contributed by atoms with Crippen molar-refractivity contribution in [2.24, 2.45) is 7.05 Å². The van der Waals surface area contributed by atoms with E-state index in [0.29, 0.717) is 10.5 Å². The number of hydrogen-bond acceptors (Lipinski definition) is 5. The first kappa shape index (κ1) is 16.8. The van der Waals surface area contributed by atoms with Gasteiger partial charge in [-0.1, -0.05) is 30.3 Å². The lowest BCUT2D eigenvalue weighted by Crippen LogP contribution is -2.50. The molecule has 7 heteroatoms. The second kappa shape index (κ2) is 6.90. The van der Waals surface area contributed by atoms with Crippen molar-refractivity contribution in [2.45, 2.75) is 18.7 Å². The fourth-order valence-electron chi connectivity index (χ4n) is 3.69. The van der Waals surface area contributed by atoms with Crippen LogP contribution in [0.1, 0.15) is 5.56 Å². The average Bonchev–Trinajstić information content (AvgIpc) is 3.06. The van der Waals surface area contributed by atoms with Crippen molar-refractivity contribution in [1.29, 1.82) is 0 Å². The molecule has 2 aliphatic rings. The van der Waals surface area contributed by atoms with Crippen LogP contribution in [0.25, 0.3) is 0 Å². The van der Waals surface area contributed by atoms with Crippen LogP contribution in [-0.4, -0.2) is 53.1 Å². The summed E-state index contributed by atoms with van der Waals surface area (Å²) < 4.78 is 7.92. The molecule has 6 nitrogen and oxygen atoms in total. The van der Waals surface area contributed by atoms with Crippen LogP contribution in [0.4, 0.5) is 5.69 Å². The number of ether oxygens (including phenoxy) is 1. The van der Waals surface area contributed by atoms with Gasteiger partial charge in [-0.2, -0.15) is 5.10 Å². The molecule has 0 N–H and O–H groups in total. The van der Waals surface area contributed by atoms with E-state index in [0.717, 1.165) is 38.5 Å². The van der Waals surface area contributed by atoms with Crippen LogP contribution in [0.2, 0.25) is 0 Å². The Labute approximate surface area is 155 Å². The molecular formula is C18H21BrN4O2. The minimum atomic E-state index is -0.116. The van der Waals surface area contributed by atoms with E-state index in [9.17, 15) is 4.79 Å². The highest BCUT2D eigenvalue weighted by Gasteiger charge is 2.40. The monoisotopic (exact) mass is 404 g/mol. The van der Waals surface area contributed by atoms with Crippen molar-refractivity contribution in [3.63, 3.8) is 0 Å². The molecule has 2 saturated heterocycles. The molecule has 1 aromatic heterocycles. The van der Waals surface area contributed by atoms with Gasteiger partial charge in [0.05, 0.1) is 30.6 Å². The third kappa shape index (κ3) is 3.23. The molecule has 0 spiro atoms. The minimum absolute atomic E-state index is 0.116. The summed E-state index contributed by atoms with van der Waals surface area (Å²) in [5.41, 5.74) is 2.05. The van der Waals surface area contributed by atoms with E-state index in [1.807, 2.05) is 6.07 Å². The molecular weight excluding hydrogens is 384 g/mol. The fourth-order valence-corrected chi connectivity index (χ4v) is 4.30. The maximum Gasteiger partial charge on any atom is 0.282 e. The highest BCUT2D eigenvalue weighted by molar-refractivity contribution is 9.10. The van der Waals surface area contributed by atoms with Crippen LogP contribution in [-0.2, 0) is 18.3 Å². The summed E-state index contributed by atoms with van der Waals surface area (Å²) in [6, 6.07) is 10.9. The summed E-state index contributed by atoms with van der Waals surface area (Å²) >= 11 is 3.44. The number of nitrogens with zero attached hydrogens (tertiary/aromatic N) is 4. The van der Waals surface area contributed by atoms with Crippen molar-refractivity contribution >= 4 is 21.6 Å². The predicted octanol–water partition coefficient (Wildman–Crippen LogP) is 1.63. The first-order valence-electron chi connectivity index (χ1n) is 8.50. The summed E-state index contributed by atoms with van der Waals surface area (Å²) in [6.07, 6.45) is 1.91. The van der Waals surface area contributed by atoms with Crippen LogP contribution in [0, 0.1) is 0 Å². The number of aromatic nitrogens is 2. The third-order valence-corrected chi connectivity index (χ3v) is 5.79. The second-order valence-electron chi connectivity index (χ2n) is 6.61. The zero-order valence-corrected chi connectivity index (χ0v) is 15.7. The Balaban J connectivity index is 1.55. The Morgan fingerprint density at radius 2 is 2.08 bits per heavy atom. The van der Waals surface area contributed by atoms with Gasteiger partial charge in [0.15, 0.2) is 0 Å². The molecule has 3 heterocycles. The van der Waals surface area contributed by atoms with Gasteiger partial charge in [-0.05, 0) is 21.5 Å². The summed E-state index contributed by atoms with van der Waals surface area (Å²) in [5, 5.41) is 4.17. The lowest BCUT2D eigenvalue weighted by atomic mass is 10.1. The van der Waals surface area contributed by atoms with Gasteiger partial charge in [0, 0.05) is 33.2 Å². The first-order valence-corrected chi connectivity index (χ1v) is 9.29. The predicted molar refractivity (Wildman–Crippen MR) is 99.8 cm³/mol. The Morgan fingerprint density at radius 3 is 2.88 bits per heavy atom. The highest BCUT2D eigenvalue weighted by Crippen LogP contribution is 2.30. The van der Waals surface area contributed by atoms with Crippen molar-refractivity contribution in [1.82, 2.24) is 14.7 Å². The molecule has 2 aromatic rings. The number of benzene rings is 1. The summed E-state index contributed by atoms with van der Waals surface area (Å²) in [4.78, 5) is 16.8. The molecule has 2 fully saturated rings. The normalized spacial score (nSPS) is 23.7. The van der Waals surface area contributed by atoms with Crippen LogP contribution in [0.5, 0.6) is 0 Å². The molecule has 0 saturated carbocycles. The van der Waals surface area contributed by atoms with Gasteiger partial charge in [0.1, 0.15) is 4.47 Å². The number of aryl methyl sites for hydroxylation is 1. The van der Waals surface area contributed by atoms with E-state index >= 15 is 0 Å². The van der Waals surface area contributed by atoms with Gasteiger partial charge >= 0.3 is 0 Å². The standard InChI is InChI=1S/C18H21BrN4O2/c1-21-18(24)17(19)14(9-20-21)23-11-15-16(12-23)25-8-7-22(15)10-13-5-3-2-4-6-13/h2-6,9,15-16H,7-8,10-12H2,1H3. The molecule has 1 aromatic carbocycles. The summed E-state index contributed by atoms with van der Waals surface area (Å²) in [5.74, 6) is 0. The topological polar surface area (TPSA) is 50.6 Å². The van der Waals surface area contributed by atoms with E-state index in [2.05, 4.69) is 55.1 Å². The Kier molecular flexibility index (Phi) is 4.62. The third-order valence-electron chi connectivity index (χ3n) is 5.05. The van der Waals surface area contributed by atoms with Gasteiger partial charge in [0.25, 0.3) is 5.56 Å². The van der Waals surface area contributed by atoms with Crippen LogP contribution >= 0.6 is 15.9 Å². The SMILES string of the molecule is Cn1ncc(N2CC3OCCN(Cc4ccccc4)C3C2)c(Br)c1=O. The van der Waals surface area contributed by atoms with Gasteiger partial charge in [-0.15, -0.1) is 0 Å². The zero-order chi connectivity index (χ0) is 17.4. The maximum atomic E-state index is 12.2. The highest BCUT2D eigenvalue weighted by atomic mass is 79.9. The zero-order valence-electron chi connectivity index (χ0n) is 14.1. The van der Waals surface area contributed by atoms with Gasteiger partial charge in [-0.3, -0.25) is 9.69 Å². The molecule has 132 valence electrons. The smallest absolute Gasteiger partial charge is 0.282 e. The van der Waals surface area contributed by atoms with Crippen molar-refractivity contribution in [3.8, 4) is 0 Å². The van der Waals surface area contributed by atoms with Crippen LogP contribution < -0.4 is 10.5 Å². The summed E-state index contributed by atoms with van der Waals surface area (Å²) in [6.45, 7) is 4.22. The molecule has 2 atom stereocenters. The largest absolute Gasteiger partial charge is 0.373 e. The summed E-state index contributed by atoms with van der Waals surface area (Å²) in [7, 11) is 1.66. The van der Waals surface area contributed by atoms with Crippen molar-refractivity contribution in [2.75, 3.05) is 31.1 Å². The molecule has 0 amide bonds. The number of rotatable bonds is 3. The molecule has 2 aliphatic heterocycles. The molecule has 25 heavy (non-hydrogen) atoms. The molecule has 0 aliphatic carbocycles. The van der Waals surface area contributed by atoms with Crippen LogP contribution in [0.3, 0.4) is 0 Å². The fraction of sp³-hybridized carbons (Fsp3) is 0.444. The quantitative estimate of drug-likeness (QED) is 0.777.